The second-order valence-electron chi connectivity index (χ2n) is 9.53. The van der Waals surface area contributed by atoms with Crippen LogP contribution in [-0.4, -0.2) is 66.4 Å². The number of carboxylic acid groups (broad SMARTS) is 1. The van der Waals surface area contributed by atoms with E-state index in [1.807, 2.05) is 24.3 Å². The summed E-state index contributed by atoms with van der Waals surface area (Å²) in [6, 6.07) is 15.9. The molecule has 1 unspecified atom stereocenters. The number of carbonyl (C=O) groups is 3. The number of nitrogens with zero attached hydrogens (tertiary/aromatic N) is 1. The molecule has 2 aliphatic heterocycles. The maximum atomic E-state index is 13.1. The van der Waals surface area contributed by atoms with Gasteiger partial charge in [0.1, 0.15) is 6.61 Å². The predicted molar refractivity (Wildman–Crippen MR) is 128 cm³/mol. The van der Waals surface area contributed by atoms with Crippen molar-refractivity contribution < 1.29 is 29.0 Å². The van der Waals surface area contributed by atoms with E-state index in [0.29, 0.717) is 32.5 Å². The summed E-state index contributed by atoms with van der Waals surface area (Å²) in [5.74, 6) is -0.812. The molecule has 0 bridgehead atoms. The van der Waals surface area contributed by atoms with Crippen molar-refractivity contribution in [3.05, 3.63) is 59.7 Å². The third kappa shape index (κ3) is 4.89. The van der Waals surface area contributed by atoms with Gasteiger partial charge in [-0.15, -0.1) is 0 Å². The van der Waals surface area contributed by atoms with E-state index in [1.54, 1.807) is 4.90 Å². The molecule has 3 atom stereocenters. The normalized spacial score (nSPS) is 23.1. The van der Waals surface area contributed by atoms with Gasteiger partial charge in [0.15, 0.2) is 6.10 Å². The maximum Gasteiger partial charge on any atom is 0.407 e. The van der Waals surface area contributed by atoms with Crippen molar-refractivity contribution in [3.63, 3.8) is 0 Å². The van der Waals surface area contributed by atoms with Crippen molar-refractivity contribution in [2.24, 2.45) is 5.92 Å². The molecule has 1 aliphatic carbocycles. The minimum absolute atomic E-state index is 0.0299. The van der Waals surface area contributed by atoms with E-state index in [9.17, 15) is 14.4 Å². The molecule has 2 amide bonds. The molecule has 2 aromatic rings. The Morgan fingerprint density at radius 2 is 1.71 bits per heavy atom. The standard InChI is InChI=1S/C27H30N2O6/c30-24(31)10-9-17-11-13-29(15-17)26(32)25-23(12-14-34-25)28-27(33)35-16-22-20-7-3-1-5-18(20)19-6-2-4-8-21(19)22/h1-8,17,22-23,25H,9-16H2,(H,28,33)(H,30,31)/t17?,23-,25+/m0/s1. The zero-order chi connectivity index (χ0) is 24.4. The molecule has 0 aromatic heterocycles. The molecule has 3 aliphatic rings. The van der Waals surface area contributed by atoms with Gasteiger partial charge >= 0.3 is 12.1 Å². The number of likely N-dealkylation sites (tertiary alicyclic amines) is 1. The number of nitrogens with one attached hydrogen (secondary N) is 1. The summed E-state index contributed by atoms with van der Waals surface area (Å²) in [4.78, 5) is 38.3. The van der Waals surface area contributed by atoms with E-state index in [0.717, 1.165) is 17.5 Å². The number of fused-ring (bicyclic) bond motifs is 3. The SMILES string of the molecule is O=C(O)CCC1CCN(C(=O)[C@@H]2OCC[C@@H]2NC(=O)OCC2c3ccccc3-c3ccccc32)C1. The molecule has 2 N–H and O–H groups in total. The molecule has 0 radical (unpaired) electrons. The Morgan fingerprint density at radius 3 is 2.40 bits per heavy atom. The Labute approximate surface area is 204 Å². The zero-order valence-electron chi connectivity index (χ0n) is 19.5. The Bertz CT molecular complexity index is 1070. The Balaban J connectivity index is 1.16. The molecule has 184 valence electrons. The van der Waals surface area contributed by atoms with Gasteiger partial charge in [-0.3, -0.25) is 9.59 Å². The third-order valence-electron chi connectivity index (χ3n) is 7.35. The number of carboxylic acids is 1. The van der Waals surface area contributed by atoms with Crippen molar-refractivity contribution in [1.82, 2.24) is 10.2 Å². The fourth-order valence-electron chi connectivity index (χ4n) is 5.55. The van der Waals surface area contributed by atoms with Gasteiger partial charge in [-0.1, -0.05) is 48.5 Å². The number of carbonyl (C=O) groups excluding carboxylic acids is 2. The van der Waals surface area contributed by atoms with Crippen LogP contribution in [0.4, 0.5) is 4.79 Å². The van der Waals surface area contributed by atoms with Gasteiger partial charge in [0.05, 0.1) is 6.04 Å². The first kappa shape index (κ1) is 23.4. The first-order valence-corrected chi connectivity index (χ1v) is 12.2. The van der Waals surface area contributed by atoms with Crippen molar-refractivity contribution in [2.75, 3.05) is 26.3 Å². The molecule has 0 saturated carbocycles. The van der Waals surface area contributed by atoms with Gasteiger partial charge in [0, 0.05) is 32.0 Å². The summed E-state index contributed by atoms with van der Waals surface area (Å²) in [7, 11) is 0. The average Bonchev–Trinajstić information content (AvgIpc) is 3.59. The number of aliphatic carboxylic acids is 1. The monoisotopic (exact) mass is 478 g/mol. The van der Waals surface area contributed by atoms with Gasteiger partial charge in [-0.05, 0) is 47.4 Å². The fraction of sp³-hybridized carbons (Fsp3) is 0.444. The molecule has 8 heteroatoms. The summed E-state index contributed by atoms with van der Waals surface area (Å²) >= 11 is 0. The first-order valence-electron chi connectivity index (χ1n) is 12.2. The Kier molecular flexibility index (Phi) is 6.72. The molecule has 0 spiro atoms. The highest BCUT2D eigenvalue weighted by molar-refractivity contribution is 5.83. The van der Waals surface area contributed by atoms with Crippen LogP contribution in [0.2, 0.25) is 0 Å². The van der Waals surface area contributed by atoms with Crippen LogP contribution in [0.1, 0.15) is 42.7 Å². The molecule has 2 aromatic carbocycles. The molecule has 35 heavy (non-hydrogen) atoms. The summed E-state index contributed by atoms with van der Waals surface area (Å²) in [6.07, 6.45) is 0.701. The summed E-state index contributed by atoms with van der Waals surface area (Å²) < 4.78 is 11.3. The van der Waals surface area contributed by atoms with Gasteiger partial charge < -0.3 is 24.8 Å². The Hall–Kier alpha value is -3.39. The van der Waals surface area contributed by atoms with Gasteiger partial charge in [-0.25, -0.2) is 4.79 Å². The molecule has 2 fully saturated rings. The lowest BCUT2D eigenvalue weighted by atomic mass is 9.98. The predicted octanol–water partition coefficient (Wildman–Crippen LogP) is 3.40. The highest BCUT2D eigenvalue weighted by Crippen LogP contribution is 2.44. The van der Waals surface area contributed by atoms with Gasteiger partial charge in [0.2, 0.25) is 0 Å². The lowest BCUT2D eigenvalue weighted by Crippen LogP contribution is -2.49. The Morgan fingerprint density at radius 1 is 1.03 bits per heavy atom. The average molecular weight is 479 g/mol. The number of benzene rings is 2. The molecule has 5 rings (SSSR count). The van der Waals surface area contributed by atoms with Crippen LogP contribution in [0, 0.1) is 5.92 Å². The zero-order valence-corrected chi connectivity index (χ0v) is 19.5. The molecular weight excluding hydrogens is 448 g/mol. The van der Waals surface area contributed by atoms with E-state index in [4.69, 9.17) is 14.6 Å². The van der Waals surface area contributed by atoms with E-state index >= 15 is 0 Å². The minimum Gasteiger partial charge on any atom is -0.481 e. The van der Waals surface area contributed by atoms with Crippen molar-refractivity contribution in [1.29, 1.82) is 0 Å². The van der Waals surface area contributed by atoms with Crippen molar-refractivity contribution in [3.8, 4) is 11.1 Å². The molecule has 8 nitrogen and oxygen atoms in total. The second kappa shape index (κ2) is 10.1. The summed E-state index contributed by atoms with van der Waals surface area (Å²) in [5, 5.41) is 11.7. The van der Waals surface area contributed by atoms with E-state index < -0.39 is 24.2 Å². The number of hydrogen-bond donors (Lipinski definition) is 2. The minimum atomic E-state index is -0.818. The van der Waals surface area contributed by atoms with Crippen LogP contribution in [-0.2, 0) is 19.1 Å². The first-order chi connectivity index (χ1) is 17.0. The second-order valence-corrected chi connectivity index (χ2v) is 9.53. The largest absolute Gasteiger partial charge is 0.481 e. The number of alkyl carbamates (subject to hydrolysis) is 1. The summed E-state index contributed by atoms with van der Waals surface area (Å²) in [6.45, 7) is 1.72. The van der Waals surface area contributed by atoms with Crippen LogP contribution in [0.5, 0.6) is 0 Å². The molecule has 2 saturated heterocycles. The lowest BCUT2D eigenvalue weighted by Gasteiger charge is -2.25. The van der Waals surface area contributed by atoms with Crippen LogP contribution in [0.15, 0.2) is 48.5 Å². The quantitative estimate of drug-likeness (QED) is 0.632. The van der Waals surface area contributed by atoms with Gasteiger partial charge in [0.25, 0.3) is 5.91 Å². The van der Waals surface area contributed by atoms with Gasteiger partial charge in [-0.2, -0.15) is 0 Å². The van der Waals surface area contributed by atoms with E-state index in [2.05, 4.69) is 29.6 Å². The smallest absolute Gasteiger partial charge is 0.407 e. The topological polar surface area (TPSA) is 105 Å². The number of rotatable bonds is 7. The van der Waals surface area contributed by atoms with E-state index in [-0.39, 0.29) is 30.8 Å². The fourth-order valence-corrected chi connectivity index (χ4v) is 5.55. The van der Waals surface area contributed by atoms with E-state index in [1.165, 1.54) is 11.1 Å². The highest BCUT2D eigenvalue weighted by atomic mass is 16.6. The maximum absolute atomic E-state index is 13.1. The summed E-state index contributed by atoms with van der Waals surface area (Å²) in [5.41, 5.74) is 4.62. The van der Waals surface area contributed by atoms with Crippen molar-refractivity contribution in [2.45, 2.75) is 43.7 Å². The van der Waals surface area contributed by atoms with Crippen LogP contribution >= 0.6 is 0 Å². The van der Waals surface area contributed by atoms with Crippen LogP contribution < -0.4 is 5.32 Å². The van der Waals surface area contributed by atoms with Crippen LogP contribution in [0.3, 0.4) is 0 Å². The number of ether oxygens (including phenoxy) is 2. The molecule has 2 heterocycles. The number of amides is 2. The molecular formula is C27H30N2O6. The number of hydrogen-bond acceptors (Lipinski definition) is 5. The lowest BCUT2D eigenvalue weighted by molar-refractivity contribution is -0.140. The third-order valence-corrected chi connectivity index (χ3v) is 7.35. The van der Waals surface area contributed by atoms with Crippen LogP contribution in [0.25, 0.3) is 11.1 Å². The highest BCUT2D eigenvalue weighted by Gasteiger charge is 2.40. The van der Waals surface area contributed by atoms with Crippen molar-refractivity contribution >= 4 is 18.0 Å².